The van der Waals surface area contributed by atoms with Crippen molar-refractivity contribution in [3.63, 3.8) is 0 Å². The van der Waals surface area contributed by atoms with Crippen molar-refractivity contribution >= 4 is 11.5 Å². The second kappa shape index (κ2) is 3.73. The maximum Gasteiger partial charge on any atom is 0.148 e. The van der Waals surface area contributed by atoms with Crippen molar-refractivity contribution in [3.05, 3.63) is 5.69 Å². The zero-order chi connectivity index (χ0) is 11.8. The summed E-state index contributed by atoms with van der Waals surface area (Å²) in [4.78, 5) is 0. The van der Waals surface area contributed by atoms with Crippen LogP contribution >= 0.6 is 0 Å². The van der Waals surface area contributed by atoms with Crippen molar-refractivity contribution < 1.29 is 5.11 Å². The van der Waals surface area contributed by atoms with Crippen LogP contribution < -0.4 is 11.1 Å². The molecule has 15 heavy (non-hydrogen) atoms. The highest BCUT2D eigenvalue weighted by Crippen LogP contribution is 2.25. The van der Waals surface area contributed by atoms with E-state index >= 15 is 0 Å². The summed E-state index contributed by atoms with van der Waals surface area (Å²) in [6.45, 7) is 7.43. The Morgan fingerprint density at radius 3 is 2.40 bits per heavy atom. The third-order valence-corrected chi connectivity index (χ3v) is 2.75. The van der Waals surface area contributed by atoms with E-state index in [1.54, 1.807) is 11.6 Å². The summed E-state index contributed by atoms with van der Waals surface area (Å²) < 4.78 is 1.69. The maximum atomic E-state index is 9.60. The molecule has 86 valence electrons. The lowest BCUT2D eigenvalue weighted by atomic mass is 9.99. The molecule has 5 nitrogen and oxygen atoms in total. The summed E-state index contributed by atoms with van der Waals surface area (Å²) >= 11 is 0. The van der Waals surface area contributed by atoms with Crippen molar-refractivity contribution in [1.29, 1.82) is 0 Å². The minimum absolute atomic E-state index is 0.436. The van der Waals surface area contributed by atoms with Crippen LogP contribution in [0, 0.1) is 6.92 Å². The molecule has 1 rings (SSSR count). The first-order chi connectivity index (χ1) is 6.75. The van der Waals surface area contributed by atoms with Crippen LogP contribution in [0.4, 0.5) is 11.5 Å². The molecule has 1 aromatic heterocycles. The maximum absolute atomic E-state index is 9.60. The van der Waals surface area contributed by atoms with Gasteiger partial charge in [0.1, 0.15) is 5.82 Å². The van der Waals surface area contributed by atoms with Gasteiger partial charge in [0.15, 0.2) is 0 Å². The molecular weight excluding hydrogens is 192 g/mol. The molecule has 1 aromatic rings. The highest BCUT2D eigenvalue weighted by Gasteiger charge is 2.26. The van der Waals surface area contributed by atoms with E-state index < -0.39 is 11.6 Å². The zero-order valence-electron chi connectivity index (χ0n) is 10.00. The second-order valence-electron chi connectivity index (χ2n) is 4.49. The molecule has 0 bridgehead atoms. The van der Waals surface area contributed by atoms with Crippen molar-refractivity contribution in [1.82, 2.24) is 9.78 Å². The number of aryl methyl sites for hydroxylation is 2. The van der Waals surface area contributed by atoms with Crippen LogP contribution in [0.25, 0.3) is 0 Å². The third-order valence-electron chi connectivity index (χ3n) is 2.75. The number of nitrogen functional groups attached to an aromatic ring is 1. The summed E-state index contributed by atoms with van der Waals surface area (Å²) in [7, 11) is 1.82. The summed E-state index contributed by atoms with van der Waals surface area (Å²) in [5.41, 5.74) is 6.87. The molecule has 0 aliphatic carbocycles. The number of nitrogens with one attached hydrogen (secondary N) is 1. The molecule has 1 heterocycles. The second-order valence-corrected chi connectivity index (χ2v) is 4.49. The van der Waals surface area contributed by atoms with Crippen LogP contribution in [0.3, 0.4) is 0 Å². The Hall–Kier alpha value is -1.23. The first kappa shape index (κ1) is 11.8. The molecule has 0 radical (unpaired) electrons. The molecule has 0 spiro atoms. The summed E-state index contributed by atoms with van der Waals surface area (Å²) in [6, 6.07) is 0. The Balaban J connectivity index is 2.99. The molecule has 0 aliphatic rings. The largest absolute Gasteiger partial charge is 0.394 e. The van der Waals surface area contributed by atoms with Gasteiger partial charge in [0, 0.05) is 7.05 Å². The minimum Gasteiger partial charge on any atom is -0.394 e. The first-order valence-corrected chi connectivity index (χ1v) is 5.01. The van der Waals surface area contributed by atoms with Crippen molar-refractivity contribution in [2.75, 3.05) is 11.1 Å². The average molecular weight is 212 g/mol. The quantitative estimate of drug-likeness (QED) is 0.695. The van der Waals surface area contributed by atoms with Gasteiger partial charge in [0.05, 0.1) is 23.0 Å². The van der Waals surface area contributed by atoms with Crippen LogP contribution in [-0.2, 0) is 7.05 Å². The first-order valence-electron chi connectivity index (χ1n) is 5.01. The van der Waals surface area contributed by atoms with Gasteiger partial charge in [-0.05, 0) is 27.7 Å². The number of nitrogens with zero attached hydrogens (tertiary/aromatic N) is 2. The number of aliphatic hydroxyl groups excluding tert-OH is 1. The van der Waals surface area contributed by atoms with Crippen LogP contribution in [-0.4, -0.2) is 26.5 Å². The standard InChI is InChI=1S/C10H20N4O/c1-6-8(11)9(14(5)13-6)12-10(3,4)7(2)15/h7,12,15H,11H2,1-5H3. The smallest absolute Gasteiger partial charge is 0.148 e. The summed E-state index contributed by atoms with van der Waals surface area (Å²) in [5, 5.41) is 17.0. The van der Waals surface area contributed by atoms with Gasteiger partial charge in [-0.2, -0.15) is 5.10 Å². The van der Waals surface area contributed by atoms with Crippen LogP contribution in [0.2, 0.25) is 0 Å². The molecule has 0 amide bonds. The van der Waals surface area contributed by atoms with Gasteiger partial charge in [0.25, 0.3) is 0 Å². The molecule has 0 fully saturated rings. The van der Waals surface area contributed by atoms with Gasteiger partial charge in [-0.15, -0.1) is 0 Å². The van der Waals surface area contributed by atoms with Crippen LogP contribution in [0.1, 0.15) is 26.5 Å². The number of aliphatic hydroxyl groups is 1. The monoisotopic (exact) mass is 212 g/mol. The molecule has 0 aliphatic heterocycles. The average Bonchev–Trinajstić information content (AvgIpc) is 2.32. The van der Waals surface area contributed by atoms with Crippen molar-refractivity contribution in [2.45, 2.75) is 39.3 Å². The van der Waals surface area contributed by atoms with E-state index in [1.807, 2.05) is 27.8 Å². The van der Waals surface area contributed by atoms with Crippen LogP contribution in [0.15, 0.2) is 0 Å². The van der Waals surface area contributed by atoms with Gasteiger partial charge in [-0.3, -0.25) is 4.68 Å². The third kappa shape index (κ3) is 2.23. The van der Waals surface area contributed by atoms with Gasteiger partial charge < -0.3 is 16.2 Å². The van der Waals surface area contributed by atoms with Gasteiger partial charge >= 0.3 is 0 Å². The normalized spacial score (nSPS) is 14.0. The lowest BCUT2D eigenvalue weighted by molar-refractivity contribution is 0.133. The fraction of sp³-hybridized carbons (Fsp3) is 0.700. The van der Waals surface area contributed by atoms with Gasteiger partial charge in [-0.1, -0.05) is 0 Å². The van der Waals surface area contributed by atoms with Crippen molar-refractivity contribution in [3.8, 4) is 0 Å². The van der Waals surface area contributed by atoms with Gasteiger partial charge in [-0.25, -0.2) is 0 Å². The van der Waals surface area contributed by atoms with Gasteiger partial charge in [0.2, 0.25) is 0 Å². The van der Waals surface area contributed by atoms with Crippen LogP contribution in [0.5, 0.6) is 0 Å². The number of hydrogen-bond acceptors (Lipinski definition) is 4. The lowest BCUT2D eigenvalue weighted by Gasteiger charge is -2.30. The topological polar surface area (TPSA) is 76.1 Å². The molecule has 0 saturated carbocycles. The lowest BCUT2D eigenvalue weighted by Crippen LogP contribution is -2.42. The Morgan fingerprint density at radius 2 is 2.07 bits per heavy atom. The minimum atomic E-state index is -0.480. The van der Waals surface area contributed by atoms with E-state index in [4.69, 9.17) is 5.73 Å². The molecular formula is C10H20N4O. The molecule has 5 heteroatoms. The zero-order valence-corrected chi connectivity index (χ0v) is 10.00. The van der Waals surface area contributed by atoms with E-state index in [1.165, 1.54) is 0 Å². The molecule has 4 N–H and O–H groups in total. The highest BCUT2D eigenvalue weighted by atomic mass is 16.3. The number of rotatable bonds is 3. The fourth-order valence-corrected chi connectivity index (χ4v) is 1.23. The predicted octanol–water partition coefficient (Wildman–Crippen LogP) is 0.882. The van der Waals surface area contributed by atoms with E-state index in [0.29, 0.717) is 5.69 Å². The fourth-order valence-electron chi connectivity index (χ4n) is 1.23. The summed E-state index contributed by atoms with van der Waals surface area (Å²) in [5.74, 6) is 0.749. The number of hydrogen-bond donors (Lipinski definition) is 3. The molecule has 1 unspecified atom stereocenters. The Kier molecular flexibility index (Phi) is 2.95. The Morgan fingerprint density at radius 1 is 1.53 bits per heavy atom. The molecule has 1 atom stereocenters. The molecule has 0 saturated heterocycles. The predicted molar refractivity (Wildman–Crippen MR) is 61.7 cm³/mol. The number of nitrogens with two attached hydrogens (primary N) is 1. The van der Waals surface area contributed by atoms with E-state index in [0.717, 1.165) is 11.5 Å². The SMILES string of the molecule is Cc1nn(C)c(NC(C)(C)C(C)O)c1N. The number of anilines is 2. The van der Waals surface area contributed by atoms with E-state index in [2.05, 4.69) is 10.4 Å². The van der Waals surface area contributed by atoms with Crippen molar-refractivity contribution in [2.24, 2.45) is 7.05 Å². The Labute approximate surface area is 90.3 Å². The van der Waals surface area contributed by atoms with E-state index in [9.17, 15) is 5.11 Å². The molecule has 0 aromatic carbocycles. The number of aromatic nitrogens is 2. The Bertz CT molecular complexity index is 355. The summed E-state index contributed by atoms with van der Waals surface area (Å²) in [6.07, 6.45) is -0.480. The van der Waals surface area contributed by atoms with E-state index in [-0.39, 0.29) is 0 Å². The highest BCUT2D eigenvalue weighted by molar-refractivity contribution is 5.65.